The minimum atomic E-state index is 0.369. The maximum absolute atomic E-state index is 8.67. The molecule has 0 aromatic rings. The third-order valence-electron chi connectivity index (χ3n) is 3.65. The van der Waals surface area contributed by atoms with Crippen LogP contribution in [0.2, 0.25) is 0 Å². The quantitative estimate of drug-likeness (QED) is 0.284. The van der Waals surface area contributed by atoms with Gasteiger partial charge in [0.15, 0.2) is 0 Å². The van der Waals surface area contributed by atoms with Crippen LogP contribution in [0.15, 0.2) is 12.2 Å². The van der Waals surface area contributed by atoms with Crippen molar-refractivity contribution in [3.05, 3.63) is 12.2 Å². The van der Waals surface area contributed by atoms with Gasteiger partial charge in [-0.2, -0.15) is 0 Å². The number of hydrogen-bond acceptors (Lipinski definition) is 1. The molecule has 0 unspecified atom stereocenters. The number of allylic oxidation sites excluding steroid dienone is 2. The molecule has 19 heavy (non-hydrogen) atoms. The topological polar surface area (TPSA) is 20.2 Å². The summed E-state index contributed by atoms with van der Waals surface area (Å²) < 4.78 is 0. The Hall–Kier alpha value is -0.300. The van der Waals surface area contributed by atoms with Crippen molar-refractivity contribution in [1.82, 2.24) is 0 Å². The molecule has 1 heteroatoms. The maximum atomic E-state index is 8.67. The Morgan fingerprint density at radius 2 is 1.00 bits per heavy atom. The van der Waals surface area contributed by atoms with Crippen LogP contribution in [0.25, 0.3) is 0 Å². The normalized spacial score (nSPS) is 11.5. The van der Waals surface area contributed by atoms with E-state index in [-0.39, 0.29) is 0 Å². The molecule has 0 radical (unpaired) electrons. The van der Waals surface area contributed by atoms with Gasteiger partial charge in [-0.05, 0) is 25.7 Å². The third kappa shape index (κ3) is 17.7. The van der Waals surface area contributed by atoms with Crippen LogP contribution in [0.3, 0.4) is 0 Å². The third-order valence-corrected chi connectivity index (χ3v) is 3.65. The lowest BCUT2D eigenvalue weighted by atomic mass is 10.1. The van der Waals surface area contributed by atoms with E-state index in [0.29, 0.717) is 6.61 Å². The van der Waals surface area contributed by atoms with Crippen molar-refractivity contribution in [2.24, 2.45) is 0 Å². The van der Waals surface area contributed by atoms with Gasteiger partial charge in [-0.1, -0.05) is 83.3 Å². The molecule has 0 aromatic heterocycles. The fourth-order valence-electron chi connectivity index (χ4n) is 2.37. The lowest BCUT2D eigenvalue weighted by Gasteiger charge is -2.02. The van der Waals surface area contributed by atoms with Gasteiger partial charge in [-0.25, -0.2) is 0 Å². The van der Waals surface area contributed by atoms with Gasteiger partial charge in [0.2, 0.25) is 0 Å². The first-order valence-electron chi connectivity index (χ1n) is 8.67. The lowest BCUT2D eigenvalue weighted by molar-refractivity contribution is 0.282. The van der Waals surface area contributed by atoms with E-state index < -0.39 is 0 Å². The van der Waals surface area contributed by atoms with Gasteiger partial charge in [0.25, 0.3) is 0 Å². The highest BCUT2D eigenvalue weighted by atomic mass is 16.2. The average Bonchev–Trinajstić information content (AvgIpc) is 2.43. The molecule has 0 aliphatic rings. The second-order valence-corrected chi connectivity index (χ2v) is 5.66. The molecule has 0 aromatic carbocycles. The van der Waals surface area contributed by atoms with Gasteiger partial charge in [0, 0.05) is 6.61 Å². The molecular weight excluding hydrogens is 232 g/mol. The monoisotopic (exact) mass is 268 g/mol. The summed E-state index contributed by atoms with van der Waals surface area (Å²) in [5.74, 6) is 0. The molecule has 0 aliphatic carbocycles. The van der Waals surface area contributed by atoms with Crippen molar-refractivity contribution in [3.8, 4) is 0 Å². The Bertz CT molecular complexity index is 175. The molecule has 0 spiro atoms. The molecule has 1 N–H and O–H groups in total. The lowest BCUT2D eigenvalue weighted by Crippen LogP contribution is -1.84. The van der Waals surface area contributed by atoms with Gasteiger partial charge in [-0.15, -0.1) is 0 Å². The zero-order valence-corrected chi connectivity index (χ0v) is 13.2. The van der Waals surface area contributed by atoms with E-state index >= 15 is 0 Å². The standard InChI is InChI=1S/C18H36O/c1-2-3-4-5-6-7-8-9-10-11-12-13-14-15-16-17-18-19/h4-5,19H,2-3,6-18H2,1H3/b5-4+. The van der Waals surface area contributed by atoms with Crippen molar-refractivity contribution in [2.75, 3.05) is 6.61 Å². The van der Waals surface area contributed by atoms with Gasteiger partial charge in [0.1, 0.15) is 0 Å². The van der Waals surface area contributed by atoms with Crippen molar-refractivity contribution in [2.45, 2.75) is 96.8 Å². The molecule has 0 rings (SSSR count). The van der Waals surface area contributed by atoms with Crippen molar-refractivity contribution in [1.29, 1.82) is 0 Å². The Morgan fingerprint density at radius 1 is 0.579 bits per heavy atom. The predicted molar refractivity (Wildman–Crippen MR) is 86.5 cm³/mol. The van der Waals surface area contributed by atoms with E-state index in [2.05, 4.69) is 19.1 Å². The van der Waals surface area contributed by atoms with Gasteiger partial charge >= 0.3 is 0 Å². The van der Waals surface area contributed by atoms with Crippen molar-refractivity contribution >= 4 is 0 Å². The number of unbranched alkanes of at least 4 members (excludes halogenated alkanes) is 12. The summed E-state index contributed by atoms with van der Waals surface area (Å²) in [7, 11) is 0. The SMILES string of the molecule is CCC/C=C/CCCCCCCCCCCCCO. The highest BCUT2D eigenvalue weighted by Crippen LogP contribution is 2.12. The Kier molecular flexibility index (Phi) is 17.4. The summed E-state index contributed by atoms with van der Waals surface area (Å²) in [5.41, 5.74) is 0. The number of rotatable bonds is 15. The Balaban J connectivity index is 2.95. The van der Waals surface area contributed by atoms with E-state index in [0.717, 1.165) is 6.42 Å². The van der Waals surface area contributed by atoms with Crippen molar-refractivity contribution in [3.63, 3.8) is 0 Å². The van der Waals surface area contributed by atoms with Crippen LogP contribution in [-0.2, 0) is 0 Å². The summed E-state index contributed by atoms with van der Waals surface area (Å²) in [5, 5.41) is 8.67. The number of aliphatic hydroxyl groups is 1. The van der Waals surface area contributed by atoms with E-state index in [4.69, 9.17) is 5.11 Å². The van der Waals surface area contributed by atoms with Gasteiger partial charge in [0.05, 0.1) is 0 Å². The summed E-state index contributed by atoms with van der Waals surface area (Å²) in [4.78, 5) is 0. The Labute approximate surface area is 121 Å². The number of aliphatic hydroxyl groups excluding tert-OH is 1. The molecule has 0 atom stereocenters. The zero-order chi connectivity index (χ0) is 14.0. The Morgan fingerprint density at radius 3 is 1.47 bits per heavy atom. The summed E-state index contributed by atoms with van der Waals surface area (Å²) in [6.07, 6.45) is 23.2. The summed E-state index contributed by atoms with van der Waals surface area (Å²) >= 11 is 0. The highest BCUT2D eigenvalue weighted by Gasteiger charge is 1.92. The number of hydrogen-bond donors (Lipinski definition) is 1. The second kappa shape index (κ2) is 17.7. The summed E-state index contributed by atoms with van der Waals surface area (Å²) in [6, 6.07) is 0. The molecule has 0 heterocycles. The van der Waals surface area contributed by atoms with Gasteiger partial charge < -0.3 is 5.11 Å². The van der Waals surface area contributed by atoms with E-state index in [1.807, 2.05) is 0 Å². The minimum Gasteiger partial charge on any atom is -0.396 e. The molecule has 0 saturated carbocycles. The minimum absolute atomic E-state index is 0.369. The fraction of sp³-hybridized carbons (Fsp3) is 0.889. The van der Waals surface area contributed by atoms with E-state index in [9.17, 15) is 0 Å². The van der Waals surface area contributed by atoms with Crippen LogP contribution in [0.5, 0.6) is 0 Å². The molecule has 0 bridgehead atoms. The maximum Gasteiger partial charge on any atom is 0.0431 e. The van der Waals surface area contributed by atoms with E-state index in [1.165, 1.54) is 83.5 Å². The molecule has 0 fully saturated rings. The van der Waals surface area contributed by atoms with Crippen molar-refractivity contribution < 1.29 is 5.11 Å². The zero-order valence-electron chi connectivity index (χ0n) is 13.2. The fourth-order valence-corrected chi connectivity index (χ4v) is 2.37. The largest absolute Gasteiger partial charge is 0.396 e. The highest BCUT2D eigenvalue weighted by molar-refractivity contribution is 4.80. The predicted octanol–water partition coefficient (Wildman–Crippen LogP) is 6.02. The molecule has 0 saturated heterocycles. The molecular formula is C18H36O. The average molecular weight is 268 g/mol. The van der Waals surface area contributed by atoms with Crippen LogP contribution in [0.4, 0.5) is 0 Å². The van der Waals surface area contributed by atoms with Crippen LogP contribution in [0, 0.1) is 0 Å². The molecule has 114 valence electrons. The smallest absolute Gasteiger partial charge is 0.0431 e. The first kappa shape index (κ1) is 18.7. The van der Waals surface area contributed by atoms with Crippen LogP contribution < -0.4 is 0 Å². The first-order valence-corrected chi connectivity index (χ1v) is 8.67. The molecule has 0 aliphatic heterocycles. The molecule has 1 nitrogen and oxygen atoms in total. The van der Waals surface area contributed by atoms with Crippen LogP contribution in [0.1, 0.15) is 96.8 Å². The van der Waals surface area contributed by atoms with E-state index in [1.54, 1.807) is 0 Å². The second-order valence-electron chi connectivity index (χ2n) is 5.66. The summed E-state index contributed by atoms with van der Waals surface area (Å²) in [6.45, 7) is 2.60. The van der Waals surface area contributed by atoms with Gasteiger partial charge in [-0.3, -0.25) is 0 Å². The van der Waals surface area contributed by atoms with Crippen LogP contribution in [-0.4, -0.2) is 11.7 Å². The molecule has 0 amide bonds. The van der Waals surface area contributed by atoms with Crippen LogP contribution >= 0.6 is 0 Å². The first-order chi connectivity index (χ1) is 9.41.